The summed E-state index contributed by atoms with van der Waals surface area (Å²) in [6.07, 6.45) is -1.01. The van der Waals surface area contributed by atoms with Crippen molar-refractivity contribution in [1.29, 1.82) is 5.41 Å². The molecule has 2 rings (SSSR count). The summed E-state index contributed by atoms with van der Waals surface area (Å²) >= 11 is 12.3. The number of ether oxygens (including phenoxy) is 1. The SMILES string of the molecule is C=N/C(=C(\C=N)C(=O)N(CC(=O)C1=C(Cl)C=NC=C(Cl)[C@H]1C)C[C@@]1(C)CCCO1)C(F)(F)F. The highest BCUT2D eigenvalue weighted by Gasteiger charge is 2.41. The van der Waals surface area contributed by atoms with Gasteiger partial charge in [-0.05, 0) is 26.5 Å². The van der Waals surface area contributed by atoms with Crippen LogP contribution >= 0.6 is 23.2 Å². The third-order valence-corrected chi connectivity index (χ3v) is 6.02. The lowest BCUT2D eigenvalue weighted by Gasteiger charge is -2.32. The minimum Gasteiger partial charge on any atom is -0.373 e. The summed E-state index contributed by atoms with van der Waals surface area (Å²) in [6, 6.07) is 0. The Kier molecular flexibility index (Phi) is 8.78. The van der Waals surface area contributed by atoms with Gasteiger partial charge in [0.25, 0.3) is 5.91 Å². The summed E-state index contributed by atoms with van der Waals surface area (Å²) in [6.45, 7) is 5.79. The molecule has 0 aliphatic carbocycles. The molecule has 1 N–H and O–H groups in total. The van der Waals surface area contributed by atoms with Gasteiger partial charge in [-0.2, -0.15) is 13.2 Å². The molecule has 7 nitrogen and oxygen atoms in total. The largest absolute Gasteiger partial charge is 0.434 e. The molecule has 2 atom stereocenters. The number of ketones is 1. The number of Topliss-reactive ketones (excluding diaryl/α,β-unsaturated/α-hetero) is 1. The van der Waals surface area contributed by atoms with Crippen molar-refractivity contribution in [2.75, 3.05) is 19.7 Å². The lowest BCUT2D eigenvalue weighted by molar-refractivity contribution is -0.135. The van der Waals surface area contributed by atoms with Crippen LogP contribution in [0.5, 0.6) is 0 Å². The van der Waals surface area contributed by atoms with Gasteiger partial charge in [-0.3, -0.25) is 19.6 Å². The number of halogens is 5. The number of aliphatic imine (C=N–C) groups is 2. The van der Waals surface area contributed by atoms with Crippen LogP contribution in [0.2, 0.25) is 0 Å². The number of carbonyl (C=O) groups is 2. The van der Waals surface area contributed by atoms with Gasteiger partial charge < -0.3 is 15.0 Å². The van der Waals surface area contributed by atoms with Crippen molar-refractivity contribution in [2.45, 2.75) is 38.5 Å². The van der Waals surface area contributed by atoms with E-state index in [1.54, 1.807) is 13.8 Å². The second-order valence-corrected chi connectivity index (χ2v) is 8.67. The molecule has 1 fully saturated rings. The Morgan fingerprint density at radius 3 is 2.64 bits per heavy atom. The van der Waals surface area contributed by atoms with Gasteiger partial charge in [0.05, 0.1) is 29.3 Å². The number of nitrogens with one attached hydrogen (secondary N) is 1. The highest BCUT2D eigenvalue weighted by Crippen LogP contribution is 2.33. The maximum Gasteiger partial charge on any atom is 0.434 e. The Morgan fingerprint density at radius 1 is 1.45 bits per heavy atom. The molecule has 33 heavy (non-hydrogen) atoms. The van der Waals surface area contributed by atoms with E-state index in [9.17, 15) is 22.8 Å². The van der Waals surface area contributed by atoms with E-state index in [-0.39, 0.29) is 28.4 Å². The predicted molar refractivity (Wildman–Crippen MR) is 121 cm³/mol. The van der Waals surface area contributed by atoms with E-state index < -0.39 is 47.2 Å². The summed E-state index contributed by atoms with van der Waals surface area (Å²) < 4.78 is 45.8. The van der Waals surface area contributed by atoms with Gasteiger partial charge in [-0.25, -0.2) is 0 Å². The van der Waals surface area contributed by atoms with Gasteiger partial charge in [-0.15, -0.1) is 0 Å². The molecule has 1 amide bonds. The minimum atomic E-state index is -5.02. The first kappa shape index (κ1) is 26.9. The van der Waals surface area contributed by atoms with Crippen LogP contribution in [-0.4, -0.2) is 67.2 Å². The van der Waals surface area contributed by atoms with Gasteiger partial charge in [0.15, 0.2) is 11.5 Å². The van der Waals surface area contributed by atoms with Crippen LogP contribution in [0.15, 0.2) is 43.1 Å². The van der Waals surface area contributed by atoms with Crippen LogP contribution in [0.4, 0.5) is 13.2 Å². The smallest absolute Gasteiger partial charge is 0.373 e. The highest BCUT2D eigenvalue weighted by atomic mass is 35.5. The maximum absolute atomic E-state index is 13.4. The molecule has 2 heterocycles. The Morgan fingerprint density at radius 2 is 2.12 bits per heavy atom. The average Bonchev–Trinajstić information content (AvgIpc) is 3.10. The zero-order valence-corrected chi connectivity index (χ0v) is 19.5. The molecule has 180 valence electrons. The van der Waals surface area contributed by atoms with Crippen LogP contribution in [0.1, 0.15) is 26.7 Å². The third kappa shape index (κ3) is 6.39. The number of carbonyl (C=O) groups excluding carboxylic acids is 2. The van der Waals surface area contributed by atoms with Gasteiger partial charge in [-0.1, -0.05) is 30.1 Å². The molecule has 0 spiro atoms. The van der Waals surface area contributed by atoms with Gasteiger partial charge in [0.2, 0.25) is 0 Å². The molecule has 0 unspecified atom stereocenters. The van der Waals surface area contributed by atoms with E-state index in [2.05, 4.69) is 16.7 Å². The highest BCUT2D eigenvalue weighted by molar-refractivity contribution is 6.42. The van der Waals surface area contributed by atoms with E-state index in [4.69, 9.17) is 33.3 Å². The molecule has 0 aromatic heterocycles. The van der Waals surface area contributed by atoms with Crippen molar-refractivity contribution in [1.82, 2.24) is 4.90 Å². The van der Waals surface area contributed by atoms with Crippen molar-refractivity contribution >= 4 is 54.0 Å². The average molecular weight is 507 g/mol. The number of alkyl halides is 3. The molecule has 2 aliphatic heterocycles. The van der Waals surface area contributed by atoms with Crippen molar-refractivity contribution in [3.8, 4) is 0 Å². The Bertz CT molecular complexity index is 964. The topological polar surface area (TPSA) is 95.2 Å². The van der Waals surface area contributed by atoms with E-state index >= 15 is 0 Å². The van der Waals surface area contributed by atoms with Crippen molar-refractivity contribution in [2.24, 2.45) is 15.9 Å². The maximum atomic E-state index is 13.4. The summed E-state index contributed by atoms with van der Waals surface area (Å²) in [5.74, 6) is -2.49. The fourth-order valence-corrected chi connectivity index (χ4v) is 4.12. The molecule has 2 aliphatic rings. The lowest BCUT2D eigenvalue weighted by atomic mass is 9.95. The normalized spacial score (nSPS) is 24.1. The molecule has 0 radical (unpaired) electrons. The standard InChI is InChI=1S/C21H23Cl2F3N4O3/c1-12-14(22)8-29-9-15(23)17(12)16(31)10-30(11-20(2)5-4-6-33-20)19(32)13(7-27)18(28-3)21(24,25)26/h7-9,12,27H,3-6,10-11H2,1-2H3/b18-13+,27-7?/t12-,20-/m1/s1. The van der Waals surface area contributed by atoms with E-state index in [1.165, 1.54) is 12.4 Å². The van der Waals surface area contributed by atoms with Crippen LogP contribution in [-0.2, 0) is 14.3 Å². The fourth-order valence-electron chi connectivity index (χ4n) is 3.63. The quantitative estimate of drug-likeness (QED) is 0.390. The number of amides is 1. The minimum absolute atomic E-state index is 0.00156. The molecule has 0 aromatic rings. The lowest BCUT2D eigenvalue weighted by Crippen LogP contribution is -2.47. The van der Waals surface area contributed by atoms with E-state index in [0.717, 1.165) is 4.90 Å². The number of allylic oxidation sites excluding steroid dienone is 3. The van der Waals surface area contributed by atoms with Crippen LogP contribution < -0.4 is 0 Å². The van der Waals surface area contributed by atoms with Gasteiger partial charge in [0, 0.05) is 41.8 Å². The summed E-state index contributed by atoms with van der Waals surface area (Å²) in [5, 5.41) is 7.65. The van der Waals surface area contributed by atoms with Crippen molar-refractivity contribution in [3.05, 3.63) is 33.1 Å². The fraction of sp³-hybridized carbons (Fsp3) is 0.476. The zero-order chi connectivity index (χ0) is 25.0. The Balaban J connectivity index is 2.49. The van der Waals surface area contributed by atoms with Crippen LogP contribution in [0, 0.1) is 11.3 Å². The molecule has 0 aromatic carbocycles. The van der Waals surface area contributed by atoms with Gasteiger partial charge >= 0.3 is 6.18 Å². The number of rotatable bonds is 8. The first-order chi connectivity index (χ1) is 15.3. The molecular weight excluding hydrogens is 484 g/mol. The molecule has 1 saturated heterocycles. The number of hydrogen-bond acceptors (Lipinski definition) is 6. The molecule has 12 heteroatoms. The molecule has 0 saturated carbocycles. The second-order valence-electron chi connectivity index (χ2n) is 7.82. The summed E-state index contributed by atoms with van der Waals surface area (Å²) in [5.41, 5.74) is -3.47. The van der Waals surface area contributed by atoms with E-state index in [1.807, 2.05) is 0 Å². The predicted octanol–water partition coefficient (Wildman–Crippen LogP) is 4.41. The zero-order valence-electron chi connectivity index (χ0n) is 18.0. The first-order valence-electron chi connectivity index (χ1n) is 9.88. The summed E-state index contributed by atoms with van der Waals surface area (Å²) in [4.78, 5) is 34.1. The molecular formula is C21H23Cl2F3N4O3. The van der Waals surface area contributed by atoms with Crippen molar-refractivity contribution in [3.63, 3.8) is 0 Å². The van der Waals surface area contributed by atoms with Gasteiger partial charge in [0.1, 0.15) is 0 Å². The van der Waals surface area contributed by atoms with Crippen LogP contribution in [0.3, 0.4) is 0 Å². The third-order valence-electron chi connectivity index (χ3n) is 5.29. The second kappa shape index (κ2) is 10.8. The Labute approximate surface area is 199 Å². The van der Waals surface area contributed by atoms with Crippen molar-refractivity contribution < 1.29 is 27.5 Å². The monoisotopic (exact) mass is 506 g/mol. The Hall–Kier alpha value is -2.30. The summed E-state index contributed by atoms with van der Waals surface area (Å²) in [7, 11) is 0. The van der Waals surface area contributed by atoms with E-state index in [0.29, 0.717) is 19.4 Å². The molecule has 0 bridgehead atoms. The first-order valence-corrected chi connectivity index (χ1v) is 10.6. The van der Waals surface area contributed by atoms with Crippen LogP contribution in [0.25, 0.3) is 0 Å². The number of nitrogens with zero attached hydrogens (tertiary/aromatic N) is 3. The number of hydrogen-bond donors (Lipinski definition) is 1.